The van der Waals surface area contributed by atoms with Gasteiger partial charge in [-0.05, 0) is 31.2 Å². The van der Waals surface area contributed by atoms with Gasteiger partial charge in [0.1, 0.15) is 0 Å². The molecule has 1 amide bonds. The fraction of sp³-hybridized carbons (Fsp3) is 0.111. The van der Waals surface area contributed by atoms with Crippen LogP contribution in [0.2, 0.25) is 0 Å². The summed E-state index contributed by atoms with van der Waals surface area (Å²) in [5.74, 6) is 0.795. The number of nitrogens with zero attached hydrogens (tertiary/aromatic N) is 2. The molecule has 0 atom stereocenters. The maximum Gasteiger partial charge on any atom is 0.292 e. The van der Waals surface area contributed by atoms with E-state index in [-0.39, 0.29) is 18.0 Å². The van der Waals surface area contributed by atoms with Gasteiger partial charge in [-0.1, -0.05) is 18.2 Å². The Bertz CT molecular complexity index is 1100. The van der Waals surface area contributed by atoms with E-state index in [0.29, 0.717) is 28.0 Å². The SMILES string of the molecule is C/C(=N\NC(=O)c1n[nH]c(=O)c2ccccc12)c1ccc2c(c1)OCO2. The standard InChI is InChI=1S/C18H14N4O4/c1-10(11-6-7-14-15(8-11)26-9-25-14)19-22-18(24)16-12-4-2-3-5-13(12)17(23)21-20-16/h2-8H,9H2,1H3,(H,21,23)(H,22,24)/b19-10+. The first-order valence-corrected chi connectivity index (χ1v) is 7.85. The van der Waals surface area contributed by atoms with E-state index in [2.05, 4.69) is 20.7 Å². The Hall–Kier alpha value is -3.68. The zero-order chi connectivity index (χ0) is 18.1. The monoisotopic (exact) mass is 350 g/mol. The molecule has 3 aromatic rings. The summed E-state index contributed by atoms with van der Waals surface area (Å²) in [5.41, 5.74) is 3.59. The van der Waals surface area contributed by atoms with Gasteiger partial charge in [0.15, 0.2) is 17.2 Å². The number of hydrazone groups is 1. The Labute approximate surface area is 147 Å². The molecule has 0 saturated carbocycles. The number of hydrogen-bond acceptors (Lipinski definition) is 6. The number of fused-ring (bicyclic) bond motifs is 2. The average Bonchev–Trinajstić information content (AvgIpc) is 3.14. The van der Waals surface area contributed by atoms with Gasteiger partial charge < -0.3 is 9.47 Å². The molecule has 0 radical (unpaired) electrons. The molecule has 1 aliphatic rings. The van der Waals surface area contributed by atoms with E-state index in [4.69, 9.17) is 9.47 Å². The summed E-state index contributed by atoms with van der Waals surface area (Å²) >= 11 is 0. The van der Waals surface area contributed by atoms with Crippen LogP contribution in [0.5, 0.6) is 11.5 Å². The molecular formula is C18H14N4O4. The van der Waals surface area contributed by atoms with Gasteiger partial charge in [0.2, 0.25) is 6.79 Å². The van der Waals surface area contributed by atoms with E-state index in [1.54, 1.807) is 43.3 Å². The normalized spacial score (nSPS) is 13.0. The second kappa shape index (κ2) is 6.32. The van der Waals surface area contributed by atoms with E-state index < -0.39 is 5.91 Å². The second-order valence-corrected chi connectivity index (χ2v) is 5.65. The van der Waals surface area contributed by atoms with Gasteiger partial charge in [0, 0.05) is 10.9 Å². The van der Waals surface area contributed by atoms with Gasteiger partial charge in [-0.15, -0.1) is 0 Å². The molecule has 2 heterocycles. The Balaban J connectivity index is 1.60. The maximum absolute atomic E-state index is 12.4. The maximum atomic E-state index is 12.4. The number of nitrogens with one attached hydrogen (secondary N) is 2. The van der Waals surface area contributed by atoms with Crippen molar-refractivity contribution in [3.8, 4) is 11.5 Å². The summed E-state index contributed by atoms with van der Waals surface area (Å²) < 4.78 is 10.6. The molecule has 0 spiro atoms. The molecule has 2 N–H and O–H groups in total. The molecule has 8 nitrogen and oxygen atoms in total. The lowest BCUT2D eigenvalue weighted by molar-refractivity contribution is 0.0950. The molecule has 0 saturated heterocycles. The fourth-order valence-corrected chi connectivity index (χ4v) is 2.66. The molecule has 0 bridgehead atoms. The largest absolute Gasteiger partial charge is 0.454 e. The number of aromatic nitrogens is 2. The molecule has 130 valence electrons. The van der Waals surface area contributed by atoms with Gasteiger partial charge in [-0.25, -0.2) is 10.5 Å². The molecule has 0 unspecified atom stereocenters. The van der Waals surface area contributed by atoms with Crippen molar-refractivity contribution in [3.63, 3.8) is 0 Å². The first kappa shape index (κ1) is 15.8. The number of H-pyrrole nitrogens is 1. The van der Waals surface area contributed by atoms with Crippen molar-refractivity contribution in [2.24, 2.45) is 5.10 Å². The predicted molar refractivity (Wildman–Crippen MR) is 94.6 cm³/mol. The van der Waals surface area contributed by atoms with Gasteiger partial charge in [-0.3, -0.25) is 9.59 Å². The lowest BCUT2D eigenvalue weighted by atomic mass is 10.1. The highest BCUT2D eigenvalue weighted by Gasteiger charge is 2.15. The van der Waals surface area contributed by atoms with Crippen LogP contribution in [0.3, 0.4) is 0 Å². The Morgan fingerprint density at radius 1 is 1.15 bits per heavy atom. The molecule has 1 aliphatic heterocycles. The van der Waals surface area contributed by atoms with Crippen molar-refractivity contribution >= 4 is 22.4 Å². The molecule has 26 heavy (non-hydrogen) atoms. The topological polar surface area (TPSA) is 106 Å². The fourth-order valence-electron chi connectivity index (χ4n) is 2.66. The van der Waals surface area contributed by atoms with E-state index >= 15 is 0 Å². The number of rotatable bonds is 3. The second-order valence-electron chi connectivity index (χ2n) is 5.65. The molecule has 0 aliphatic carbocycles. The number of carbonyl (C=O) groups excluding carboxylic acids is 1. The average molecular weight is 350 g/mol. The minimum atomic E-state index is -0.516. The molecular weight excluding hydrogens is 336 g/mol. The minimum Gasteiger partial charge on any atom is -0.454 e. The third kappa shape index (κ3) is 2.77. The van der Waals surface area contributed by atoms with Crippen LogP contribution in [0.15, 0.2) is 52.4 Å². The van der Waals surface area contributed by atoms with Gasteiger partial charge in [0.25, 0.3) is 11.5 Å². The highest BCUT2D eigenvalue weighted by molar-refractivity contribution is 6.06. The number of amides is 1. The summed E-state index contributed by atoms with van der Waals surface area (Å²) in [6.07, 6.45) is 0. The van der Waals surface area contributed by atoms with Crippen LogP contribution in [-0.4, -0.2) is 28.6 Å². The molecule has 1 aromatic heterocycles. The summed E-state index contributed by atoms with van der Waals surface area (Å²) in [6.45, 7) is 1.95. The molecule has 8 heteroatoms. The van der Waals surface area contributed by atoms with Crippen molar-refractivity contribution in [3.05, 3.63) is 64.1 Å². The van der Waals surface area contributed by atoms with E-state index in [1.165, 1.54) is 0 Å². The highest BCUT2D eigenvalue weighted by Crippen LogP contribution is 2.32. The van der Waals surface area contributed by atoms with Crippen molar-refractivity contribution in [2.45, 2.75) is 6.92 Å². The number of ether oxygens (including phenoxy) is 2. The van der Waals surface area contributed by atoms with Gasteiger partial charge in [0.05, 0.1) is 11.1 Å². The third-order valence-electron chi connectivity index (χ3n) is 4.03. The number of hydrogen-bond donors (Lipinski definition) is 2. The van der Waals surface area contributed by atoms with Crippen LogP contribution >= 0.6 is 0 Å². The van der Waals surface area contributed by atoms with E-state index in [0.717, 1.165) is 5.56 Å². The van der Waals surface area contributed by atoms with Gasteiger partial charge >= 0.3 is 0 Å². The first-order valence-electron chi connectivity index (χ1n) is 7.85. The van der Waals surface area contributed by atoms with Crippen molar-refractivity contribution < 1.29 is 14.3 Å². The highest BCUT2D eigenvalue weighted by atomic mass is 16.7. The van der Waals surface area contributed by atoms with E-state index in [9.17, 15) is 9.59 Å². The van der Waals surface area contributed by atoms with Crippen molar-refractivity contribution in [1.82, 2.24) is 15.6 Å². The van der Waals surface area contributed by atoms with Crippen LogP contribution in [-0.2, 0) is 0 Å². The number of benzene rings is 2. The first-order chi connectivity index (χ1) is 12.6. The molecule has 4 rings (SSSR count). The van der Waals surface area contributed by atoms with E-state index in [1.807, 2.05) is 6.07 Å². The third-order valence-corrected chi connectivity index (χ3v) is 4.03. The smallest absolute Gasteiger partial charge is 0.292 e. The quantitative estimate of drug-likeness (QED) is 0.553. The van der Waals surface area contributed by atoms with Crippen LogP contribution in [0.1, 0.15) is 23.0 Å². The Morgan fingerprint density at radius 2 is 1.92 bits per heavy atom. The molecule has 0 fully saturated rings. The number of aromatic amines is 1. The summed E-state index contributed by atoms with van der Waals surface area (Å²) in [6, 6.07) is 12.2. The van der Waals surface area contributed by atoms with Crippen LogP contribution < -0.4 is 20.5 Å². The lowest BCUT2D eigenvalue weighted by Crippen LogP contribution is -2.23. The van der Waals surface area contributed by atoms with Crippen molar-refractivity contribution in [2.75, 3.05) is 6.79 Å². The van der Waals surface area contributed by atoms with Gasteiger partial charge in [-0.2, -0.15) is 10.2 Å². The van der Waals surface area contributed by atoms with Crippen LogP contribution in [0.4, 0.5) is 0 Å². The van der Waals surface area contributed by atoms with Crippen LogP contribution in [0.25, 0.3) is 10.8 Å². The zero-order valence-corrected chi connectivity index (χ0v) is 13.8. The summed E-state index contributed by atoms with van der Waals surface area (Å²) in [7, 11) is 0. The molecule has 2 aromatic carbocycles. The lowest BCUT2D eigenvalue weighted by Gasteiger charge is -2.05. The summed E-state index contributed by atoms with van der Waals surface area (Å²) in [5, 5.41) is 11.1. The Kier molecular flexibility index (Phi) is 3.85. The Morgan fingerprint density at radius 3 is 2.77 bits per heavy atom. The summed E-state index contributed by atoms with van der Waals surface area (Å²) in [4.78, 5) is 24.2. The predicted octanol–water partition coefficient (Wildman–Crippen LogP) is 1.81. The minimum absolute atomic E-state index is 0.0995. The van der Waals surface area contributed by atoms with Crippen molar-refractivity contribution in [1.29, 1.82) is 0 Å². The number of carbonyl (C=O) groups is 1. The van der Waals surface area contributed by atoms with Crippen LogP contribution in [0, 0.1) is 0 Å². The zero-order valence-electron chi connectivity index (χ0n) is 13.8.